The highest BCUT2D eigenvalue weighted by molar-refractivity contribution is 5.65. The van der Waals surface area contributed by atoms with Gasteiger partial charge in [-0.1, -0.05) is 13.8 Å². The predicted molar refractivity (Wildman–Crippen MR) is 61.4 cm³/mol. The summed E-state index contributed by atoms with van der Waals surface area (Å²) in [5, 5.41) is 0. The Hall–Kier alpha value is -0.770. The maximum absolute atomic E-state index is 10.7. The zero-order valence-corrected chi connectivity index (χ0v) is 10.2. The van der Waals surface area contributed by atoms with Crippen molar-refractivity contribution in [3.8, 4) is 0 Å². The van der Waals surface area contributed by atoms with Gasteiger partial charge >= 0.3 is 6.09 Å². The highest BCUT2D eigenvalue weighted by atomic mass is 16.6. The fraction of sp³-hybridized carbons (Fsp3) is 0.909. The van der Waals surface area contributed by atoms with E-state index >= 15 is 0 Å². The van der Waals surface area contributed by atoms with Gasteiger partial charge in [0.15, 0.2) is 0 Å². The standard InChI is InChI=1S/C11H24N2O2/c1-8(2)5-9(7-12)6-11(3,4)15-10(13)14/h8-9H,5-7,12H2,1-4H3,(H2,13,14). The first-order chi connectivity index (χ1) is 6.76. The topological polar surface area (TPSA) is 78.3 Å². The summed E-state index contributed by atoms with van der Waals surface area (Å²) < 4.78 is 5.03. The third kappa shape index (κ3) is 7.19. The number of carbonyl (C=O) groups is 1. The van der Waals surface area contributed by atoms with Crippen LogP contribution in [0.3, 0.4) is 0 Å². The average Bonchev–Trinajstić information content (AvgIpc) is 1.98. The zero-order valence-electron chi connectivity index (χ0n) is 10.2. The average molecular weight is 216 g/mol. The van der Waals surface area contributed by atoms with Crippen LogP contribution in [0, 0.1) is 11.8 Å². The second kappa shape index (κ2) is 5.95. The third-order valence-electron chi connectivity index (χ3n) is 2.30. The molecule has 90 valence electrons. The second-order valence-electron chi connectivity index (χ2n) is 5.12. The number of hydrogen-bond donors (Lipinski definition) is 2. The van der Waals surface area contributed by atoms with Crippen LogP contribution in [0.15, 0.2) is 0 Å². The lowest BCUT2D eigenvalue weighted by Crippen LogP contribution is -2.35. The molecular weight excluding hydrogens is 192 g/mol. The van der Waals surface area contributed by atoms with Gasteiger partial charge < -0.3 is 16.2 Å². The molecule has 0 saturated carbocycles. The van der Waals surface area contributed by atoms with Gasteiger partial charge in [0, 0.05) is 0 Å². The molecule has 4 heteroatoms. The van der Waals surface area contributed by atoms with Crippen LogP contribution in [0.1, 0.15) is 40.5 Å². The number of primary amides is 1. The summed E-state index contributed by atoms with van der Waals surface area (Å²) in [6, 6.07) is 0. The molecule has 0 aromatic heterocycles. The van der Waals surface area contributed by atoms with Gasteiger partial charge in [-0.2, -0.15) is 0 Å². The molecule has 0 spiro atoms. The highest BCUT2D eigenvalue weighted by Gasteiger charge is 2.26. The van der Waals surface area contributed by atoms with Crippen molar-refractivity contribution in [2.75, 3.05) is 6.54 Å². The van der Waals surface area contributed by atoms with Gasteiger partial charge in [-0.3, -0.25) is 0 Å². The van der Waals surface area contributed by atoms with E-state index in [1.807, 2.05) is 13.8 Å². The molecule has 1 atom stereocenters. The molecule has 4 N–H and O–H groups in total. The summed E-state index contributed by atoms with van der Waals surface area (Å²) in [5.41, 5.74) is 10.2. The van der Waals surface area contributed by atoms with Crippen molar-refractivity contribution in [2.45, 2.75) is 46.1 Å². The Morgan fingerprint density at radius 1 is 1.40 bits per heavy atom. The van der Waals surface area contributed by atoms with E-state index in [0.29, 0.717) is 18.4 Å². The monoisotopic (exact) mass is 216 g/mol. The summed E-state index contributed by atoms with van der Waals surface area (Å²) in [4.78, 5) is 10.7. The van der Waals surface area contributed by atoms with Crippen molar-refractivity contribution >= 4 is 6.09 Å². The van der Waals surface area contributed by atoms with Gasteiger partial charge in [0.2, 0.25) is 0 Å². The van der Waals surface area contributed by atoms with E-state index in [1.165, 1.54) is 0 Å². The molecular formula is C11H24N2O2. The molecule has 0 aromatic carbocycles. The van der Waals surface area contributed by atoms with Crippen LogP contribution in [0.2, 0.25) is 0 Å². The molecule has 1 amide bonds. The fourth-order valence-corrected chi connectivity index (χ4v) is 1.94. The van der Waals surface area contributed by atoms with Crippen LogP contribution in [0.4, 0.5) is 4.79 Å². The predicted octanol–water partition coefficient (Wildman–Crippen LogP) is 1.87. The van der Waals surface area contributed by atoms with Crippen molar-refractivity contribution in [1.29, 1.82) is 0 Å². The number of ether oxygens (including phenoxy) is 1. The van der Waals surface area contributed by atoms with Crippen molar-refractivity contribution in [3.63, 3.8) is 0 Å². The lowest BCUT2D eigenvalue weighted by molar-refractivity contribution is 0.0251. The van der Waals surface area contributed by atoms with Crippen molar-refractivity contribution < 1.29 is 9.53 Å². The molecule has 0 heterocycles. The normalized spacial score (nSPS) is 14.0. The summed E-state index contributed by atoms with van der Waals surface area (Å²) in [6.07, 6.45) is 1.08. The number of hydrogen-bond acceptors (Lipinski definition) is 3. The Morgan fingerprint density at radius 3 is 2.27 bits per heavy atom. The Balaban J connectivity index is 4.20. The van der Waals surface area contributed by atoms with E-state index < -0.39 is 11.7 Å². The Labute approximate surface area is 92.3 Å². The first kappa shape index (κ1) is 14.2. The lowest BCUT2D eigenvalue weighted by Gasteiger charge is -2.29. The number of rotatable bonds is 6. The smallest absolute Gasteiger partial charge is 0.405 e. The maximum Gasteiger partial charge on any atom is 0.405 e. The van der Waals surface area contributed by atoms with Crippen molar-refractivity contribution in [2.24, 2.45) is 23.3 Å². The quantitative estimate of drug-likeness (QED) is 0.711. The summed E-state index contributed by atoms with van der Waals surface area (Å²) in [6.45, 7) is 8.65. The highest BCUT2D eigenvalue weighted by Crippen LogP contribution is 2.24. The van der Waals surface area contributed by atoms with E-state index in [-0.39, 0.29) is 0 Å². The van der Waals surface area contributed by atoms with Gasteiger partial charge in [-0.25, -0.2) is 4.79 Å². The molecule has 1 unspecified atom stereocenters. The zero-order chi connectivity index (χ0) is 12.1. The van der Waals surface area contributed by atoms with Crippen LogP contribution >= 0.6 is 0 Å². The molecule has 0 rings (SSSR count). The molecule has 0 fully saturated rings. The number of carbonyl (C=O) groups excluding carboxylic acids is 1. The van der Waals surface area contributed by atoms with E-state index in [4.69, 9.17) is 16.2 Å². The van der Waals surface area contributed by atoms with Crippen molar-refractivity contribution in [3.05, 3.63) is 0 Å². The molecule has 0 saturated heterocycles. The molecule has 0 aliphatic heterocycles. The SMILES string of the molecule is CC(C)CC(CN)CC(C)(C)OC(N)=O. The molecule has 0 aliphatic carbocycles. The summed E-state index contributed by atoms with van der Waals surface area (Å²) in [5.74, 6) is 0.974. The van der Waals surface area contributed by atoms with E-state index in [0.717, 1.165) is 12.8 Å². The van der Waals surface area contributed by atoms with E-state index in [9.17, 15) is 4.79 Å². The van der Waals surface area contributed by atoms with Crippen LogP contribution in [-0.4, -0.2) is 18.2 Å². The minimum absolute atomic E-state index is 0.374. The number of nitrogens with two attached hydrogens (primary N) is 2. The number of amides is 1. The Bertz CT molecular complexity index is 203. The van der Waals surface area contributed by atoms with E-state index in [2.05, 4.69) is 13.8 Å². The Morgan fingerprint density at radius 2 is 1.93 bits per heavy atom. The van der Waals surface area contributed by atoms with Gasteiger partial charge in [0.25, 0.3) is 0 Å². The molecule has 4 nitrogen and oxygen atoms in total. The van der Waals surface area contributed by atoms with Crippen LogP contribution in [0.25, 0.3) is 0 Å². The van der Waals surface area contributed by atoms with Gasteiger partial charge in [0.05, 0.1) is 0 Å². The third-order valence-corrected chi connectivity index (χ3v) is 2.30. The lowest BCUT2D eigenvalue weighted by atomic mass is 9.87. The first-order valence-corrected chi connectivity index (χ1v) is 5.45. The second-order valence-corrected chi connectivity index (χ2v) is 5.12. The van der Waals surface area contributed by atoms with Crippen molar-refractivity contribution in [1.82, 2.24) is 0 Å². The molecule has 0 aromatic rings. The van der Waals surface area contributed by atoms with Crippen LogP contribution in [-0.2, 0) is 4.74 Å². The van der Waals surface area contributed by atoms with Gasteiger partial charge in [-0.05, 0) is 45.1 Å². The fourth-order valence-electron chi connectivity index (χ4n) is 1.94. The minimum Gasteiger partial charge on any atom is -0.444 e. The van der Waals surface area contributed by atoms with E-state index in [1.54, 1.807) is 0 Å². The largest absolute Gasteiger partial charge is 0.444 e. The molecule has 0 aliphatic rings. The molecule has 0 bridgehead atoms. The Kier molecular flexibility index (Phi) is 5.65. The summed E-state index contributed by atoms with van der Waals surface area (Å²) in [7, 11) is 0. The maximum atomic E-state index is 10.7. The van der Waals surface area contributed by atoms with Gasteiger partial charge in [0.1, 0.15) is 5.60 Å². The summed E-state index contributed by atoms with van der Waals surface area (Å²) >= 11 is 0. The molecule has 0 radical (unpaired) electrons. The molecule has 15 heavy (non-hydrogen) atoms. The van der Waals surface area contributed by atoms with Crippen LogP contribution < -0.4 is 11.5 Å². The van der Waals surface area contributed by atoms with Crippen LogP contribution in [0.5, 0.6) is 0 Å². The first-order valence-electron chi connectivity index (χ1n) is 5.45. The minimum atomic E-state index is -0.722. The van der Waals surface area contributed by atoms with Gasteiger partial charge in [-0.15, -0.1) is 0 Å².